The summed E-state index contributed by atoms with van der Waals surface area (Å²) in [4.78, 5) is 3.85. The Hall–Kier alpha value is -1.81. The fraction of sp³-hybridized carbons (Fsp3) is 0.0833. The van der Waals surface area contributed by atoms with Crippen molar-refractivity contribution in [3.63, 3.8) is 0 Å². The van der Waals surface area contributed by atoms with E-state index in [0.29, 0.717) is 5.02 Å². The number of nitrogens with zero attached hydrogens (tertiary/aromatic N) is 1. The number of nitrogens with two attached hydrogens (primary N) is 1. The molecule has 0 saturated heterocycles. The van der Waals surface area contributed by atoms with Crippen molar-refractivity contribution in [2.75, 3.05) is 5.73 Å². The SMILES string of the molecule is Nc1cccc(F)c1OCc1ccncc1Cl. The maximum Gasteiger partial charge on any atom is 0.178 e. The highest BCUT2D eigenvalue weighted by molar-refractivity contribution is 6.31. The van der Waals surface area contributed by atoms with Crippen LogP contribution in [0.15, 0.2) is 36.7 Å². The van der Waals surface area contributed by atoms with Gasteiger partial charge in [-0.1, -0.05) is 17.7 Å². The average Bonchev–Trinajstić information content (AvgIpc) is 2.30. The molecule has 0 spiro atoms. The number of pyridine rings is 1. The molecule has 0 bridgehead atoms. The molecule has 0 atom stereocenters. The molecule has 2 rings (SSSR count). The summed E-state index contributed by atoms with van der Waals surface area (Å²) >= 11 is 5.90. The molecule has 0 unspecified atom stereocenters. The monoisotopic (exact) mass is 252 g/mol. The van der Waals surface area contributed by atoms with Crippen molar-refractivity contribution in [1.82, 2.24) is 4.98 Å². The number of hydrogen-bond acceptors (Lipinski definition) is 3. The van der Waals surface area contributed by atoms with Crippen molar-refractivity contribution in [2.45, 2.75) is 6.61 Å². The third kappa shape index (κ3) is 2.65. The number of aromatic nitrogens is 1. The van der Waals surface area contributed by atoms with E-state index >= 15 is 0 Å². The summed E-state index contributed by atoms with van der Waals surface area (Å²) < 4.78 is 18.7. The highest BCUT2D eigenvalue weighted by Crippen LogP contribution is 2.26. The molecule has 0 fully saturated rings. The third-order valence-corrected chi connectivity index (χ3v) is 2.57. The van der Waals surface area contributed by atoms with Gasteiger partial charge >= 0.3 is 0 Å². The molecule has 0 aliphatic carbocycles. The van der Waals surface area contributed by atoms with E-state index in [1.165, 1.54) is 18.3 Å². The molecular formula is C12H10ClFN2O. The molecule has 0 saturated carbocycles. The molecule has 0 radical (unpaired) electrons. The number of anilines is 1. The van der Waals surface area contributed by atoms with Gasteiger partial charge in [0.25, 0.3) is 0 Å². The second-order valence-corrected chi connectivity index (χ2v) is 3.82. The van der Waals surface area contributed by atoms with Gasteiger partial charge in [-0.05, 0) is 18.2 Å². The number of halogens is 2. The van der Waals surface area contributed by atoms with Gasteiger partial charge in [0.2, 0.25) is 0 Å². The zero-order chi connectivity index (χ0) is 12.3. The van der Waals surface area contributed by atoms with E-state index in [4.69, 9.17) is 22.1 Å². The molecule has 5 heteroatoms. The Kier molecular flexibility index (Phi) is 3.44. The minimum Gasteiger partial charge on any atom is -0.484 e. The number of hydrogen-bond donors (Lipinski definition) is 1. The van der Waals surface area contributed by atoms with E-state index < -0.39 is 5.82 Å². The Morgan fingerprint density at radius 3 is 2.88 bits per heavy atom. The minimum absolute atomic E-state index is 0.0420. The Labute approximate surface area is 103 Å². The molecule has 0 aliphatic rings. The number of rotatable bonds is 3. The van der Waals surface area contributed by atoms with Crippen LogP contribution < -0.4 is 10.5 Å². The van der Waals surface area contributed by atoms with Crippen LogP contribution in [0, 0.1) is 5.82 Å². The van der Waals surface area contributed by atoms with Crippen molar-refractivity contribution >= 4 is 17.3 Å². The molecule has 0 aliphatic heterocycles. The summed E-state index contributed by atoms with van der Waals surface area (Å²) in [6.45, 7) is 0.145. The van der Waals surface area contributed by atoms with Crippen molar-refractivity contribution in [3.8, 4) is 5.75 Å². The Morgan fingerprint density at radius 2 is 2.18 bits per heavy atom. The van der Waals surface area contributed by atoms with Gasteiger partial charge in [0.05, 0.1) is 10.7 Å². The number of ether oxygens (including phenoxy) is 1. The second kappa shape index (κ2) is 5.01. The van der Waals surface area contributed by atoms with Gasteiger partial charge in [-0.3, -0.25) is 4.98 Å². The number of para-hydroxylation sites is 1. The fourth-order valence-corrected chi connectivity index (χ4v) is 1.52. The van der Waals surface area contributed by atoms with Gasteiger partial charge in [-0.2, -0.15) is 0 Å². The maximum atomic E-state index is 13.4. The van der Waals surface area contributed by atoms with E-state index in [1.54, 1.807) is 18.3 Å². The topological polar surface area (TPSA) is 48.1 Å². The van der Waals surface area contributed by atoms with Gasteiger partial charge in [-0.25, -0.2) is 4.39 Å². The van der Waals surface area contributed by atoms with Gasteiger partial charge in [-0.15, -0.1) is 0 Å². The highest BCUT2D eigenvalue weighted by atomic mass is 35.5. The zero-order valence-corrected chi connectivity index (χ0v) is 9.62. The quantitative estimate of drug-likeness (QED) is 0.854. The standard InChI is InChI=1S/C12H10ClFN2O/c13-9-6-16-5-4-8(9)7-17-12-10(14)2-1-3-11(12)15/h1-6H,7,15H2. The van der Waals surface area contributed by atoms with Gasteiger partial charge in [0, 0.05) is 18.0 Å². The van der Waals surface area contributed by atoms with E-state index in [1.807, 2.05) is 0 Å². The van der Waals surface area contributed by atoms with Crippen molar-refractivity contribution in [1.29, 1.82) is 0 Å². The predicted octanol–water partition coefficient (Wildman–Crippen LogP) is 3.04. The van der Waals surface area contributed by atoms with Crippen LogP contribution in [0.2, 0.25) is 5.02 Å². The summed E-state index contributed by atoms with van der Waals surface area (Å²) in [6.07, 6.45) is 3.10. The van der Waals surface area contributed by atoms with Crippen molar-refractivity contribution in [3.05, 3.63) is 53.1 Å². The third-order valence-electron chi connectivity index (χ3n) is 2.23. The normalized spacial score (nSPS) is 10.2. The molecule has 1 aromatic carbocycles. The van der Waals surface area contributed by atoms with E-state index in [9.17, 15) is 4.39 Å². The molecule has 1 aromatic heterocycles. The molecule has 1 heterocycles. The first-order valence-corrected chi connectivity index (χ1v) is 5.31. The van der Waals surface area contributed by atoms with Crippen molar-refractivity contribution < 1.29 is 9.13 Å². The van der Waals surface area contributed by atoms with E-state index in [0.717, 1.165) is 5.56 Å². The summed E-state index contributed by atoms with van der Waals surface area (Å²) in [5, 5.41) is 0.474. The Morgan fingerprint density at radius 1 is 1.35 bits per heavy atom. The second-order valence-electron chi connectivity index (χ2n) is 3.41. The first-order chi connectivity index (χ1) is 8.18. The lowest BCUT2D eigenvalue weighted by Gasteiger charge is -2.10. The van der Waals surface area contributed by atoms with Crippen LogP contribution in [-0.4, -0.2) is 4.98 Å². The average molecular weight is 253 g/mol. The summed E-state index contributed by atoms with van der Waals surface area (Å²) in [5.74, 6) is -0.449. The molecule has 88 valence electrons. The smallest absolute Gasteiger partial charge is 0.178 e. The molecule has 2 aromatic rings. The van der Waals surface area contributed by atoms with Crippen LogP contribution in [-0.2, 0) is 6.61 Å². The molecule has 17 heavy (non-hydrogen) atoms. The van der Waals surface area contributed by atoms with Crippen LogP contribution >= 0.6 is 11.6 Å². The summed E-state index contributed by atoms with van der Waals surface area (Å²) in [6, 6.07) is 6.10. The minimum atomic E-state index is -0.491. The van der Waals surface area contributed by atoms with E-state index in [2.05, 4.69) is 4.98 Å². The molecule has 3 nitrogen and oxygen atoms in total. The Bertz CT molecular complexity index is 513. The van der Waals surface area contributed by atoms with Crippen LogP contribution in [0.25, 0.3) is 0 Å². The molecule has 0 amide bonds. The Balaban J connectivity index is 2.16. The largest absolute Gasteiger partial charge is 0.484 e. The zero-order valence-electron chi connectivity index (χ0n) is 8.86. The van der Waals surface area contributed by atoms with Gasteiger partial charge < -0.3 is 10.5 Å². The van der Waals surface area contributed by atoms with Crippen molar-refractivity contribution in [2.24, 2.45) is 0 Å². The molecule has 2 N–H and O–H groups in total. The van der Waals surface area contributed by atoms with E-state index in [-0.39, 0.29) is 18.0 Å². The predicted molar refractivity (Wildman–Crippen MR) is 64.4 cm³/mol. The van der Waals surface area contributed by atoms with Crippen LogP contribution in [0.1, 0.15) is 5.56 Å². The van der Waals surface area contributed by atoms with Gasteiger partial charge in [0.15, 0.2) is 11.6 Å². The maximum absolute atomic E-state index is 13.4. The highest BCUT2D eigenvalue weighted by Gasteiger charge is 2.08. The lowest BCUT2D eigenvalue weighted by molar-refractivity contribution is 0.292. The molecular weight excluding hydrogens is 243 g/mol. The van der Waals surface area contributed by atoms with Crippen LogP contribution in [0.5, 0.6) is 5.75 Å². The lowest BCUT2D eigenvalue weighted by atomic mass is 10.2. The summed E-state index contributed by atoms with van der Waals surface area (Å²) in [5.41, 5.74) is 6.60. The number of nitrogen functional groups attached to an aromatic ring is 1. The fourth-order valence-electron chi connectivity index (χ4n) is 1.35. The first-order valence-electron chi connectivity index (χ1n) is 4.93. The number of benzene rings is 1. The van der Waals surface area contributed by atoms with Crippen LogP contribution in [0.3, 0.4) is 0 Å². The summed E-state index contributed by atoms with van der Waals surface area (Å²) in [7, 11) is 0. The van der Waals surface area contributed by atoms with Gasteiger partial charge in [0.1, 0.15) is 6.61 Å². The first kappa shape index (κ1) is 11.7. The lowest BCUT2D eigenvalue weighted by Crippen LogP contribution is -2.01. The van der Waals surface area contributed by atoms with Crippen LogP contribution in [0.4, 0.5) is 10.1 Å².